The number of anilines is 1. The van der Waals surface area contributed by atoms with Crippen LogP contribution in [0, 0.1) is 0 Å². The molecule has 0 heterocycles. The predicted octanol–water partition coefficient (Wildman–Crippen LogP) is -0.563. The number of aliphatic hydroxyl groups excluding tert-OH is 1. The van der Waals surface area contributed by atoms with E-state index in [1.165, 1.54) is 0 Å². The molecule has 1 unspecified atom stereocenters. The number of hydrogen-bond acceptors (Lipinski definition) is 6. The molecule has 18 heavy (non-hydrogen) atoms. The maximum Gasteiger partial charge on any atom is 0.296 e. The van der Waals surface area contributed by atoms with Gasteiger partial charge in [-0.15, -0.1) is 0 Å². The van der Waals surface area contributed by atoms with Gasteiger partial charge in [0.2, 0.25) is 0 Å². The molecule has 0 saturated heterocycles. The molecule has 0 fully saturated rings. The maximum absolute atomic E-state index is 11.0. The number of hydrogen-bond donors (Lipinski definition) is 4. The van der Waals surface area contributed by atoms with Crippen molar-refractivity contribution in [2.75, 3.05) is 12.3 Å². The van der Waals surface area contributed by atoms with Crippen molar-refractivity contribution >= 4 is 25.9 Å². The van der Waals surface area contributed by atoms with E-state index in [9.17, 15) is 16.8 Å². The molecular weight excluding hydrogens is 286 g/mol. The lowest BCUT2D eigenvalue weighted by atomic mass is 10.1. The highest BCUT2D eigenvalue weighted by Crippen LogP contribution is 2.27. The van der Waals surface area contributed by atoms with Crippen molar-refractivity contribution < 1.29 is 31.0 Å². The fourth-order valence-corrected chi connectivity index (χ4v) is 2.68. The average Bonchev–Trinajstić information content (AvgIpc) is 2.17. The van der Waals surface area contributed by atoms with Crippen molar-refractivity contribution in [1.82, 2.24) is 0 Å². The number of aliphatic hydroxyl groups is 1. The van der Waals surface area contributed by atoms with Gasteiger partial charge in [0.15, 0.2) is 0 Å². The monoisotopic (exact) mass is 297 g/mol. The second-order valence-electron chi connectivity index (χ2n) is 3.46. The highest BCUT2D eigenvalue weighted by molar-refractivity contribution is 7.86. The number of rotatable bonds is 4. The molecule has 0 aliphatic rings. The van der Waals surface area contributed by atoms with Crippen LogP contribution in [-0.4, -0.2) is 37.7 Å². The van der Waals surface area contributed by atoms with Gasteiger partial charge in [0, 0.05) is 0 Å². The van der Waals surface area contributed by atoms with E-state index in [0.717, 1.165) is 18.2 Å². The van der Waals surface area contributed by atoms with Gasteiger partial charge in [-0.1, -0.05) is 6.07 Å². The topological polar surface area (TPSA) is 155 Å². The van der Waals surface area contributed by atoms with Gasteiger partial charge in [0.25, 0.3) is 20.2 Å². The van der Waals surface area contributed by atoms with Crippen molar-refractivity contribution in [3.63, 3.8) is 0 Å². The molecule has 0 saturated carbocycles. The summed E-state index contributed by atoms with van der Waals surface area (Å²) in [5.41, 5.74) is 4.82. The summed E-state index contributed by atoms with van der Waals surface area (Å²) in [5, 5.41) is 7.19. The fraction of sp³-hybridized carbons (Fsp3) is 0.250. The molecule has 102 valence electrons. The molecule has 0 aromatic heterocycles. The third kappa shape index (κ3) is 3.17. The quantitative estimate of drug-likeness (QED) is 0.425. The maximum atomic E-state index is 11.0. The van der Waals surface area contributed by atoms with Crippen LogP contribution >= 0.6 is 0 Å². The zero-order valence-electron chi connectivity index (χ0n) is 8.88. The summed E-state index contributed by atoms with van der Waals surface area (Å²) in [6.07, 6.45) is 0. The molecule has 1 atom stereocenters. The van der Waals surface area contributed by atoms with Gasteiger partial charge < -0.3 is 10.8 Å². The van der Waals surface area contributed by atoms with Gasteiger partial charge >= 0.3 is 0 Å². The molecule has 10 heteroatoms. The Morgan fingerprint density at radius 2 is 1.72 bits per heavy atom. The van der Waals surface area contributed by atoms with E-state index in [2.05, 4.69) is 0 Å². The van der Waals surface area contributed by atoms with Crippen LogP contribution in [0.1, 0.15) is 10.8 Å². The Balaban J connectivity index is 3.46. The Morgan fingerprint density at radius 1 is 1.17 bits per heavy atom. The van der Waals surface area contributed by atoms with Gasteiger partial charge in [-0.25, -0.2) is 0 Å². The lowest BCUT2D eigenvalue weighted by Gasteiger charge is -2.13. The number of benzene rings is 1. The molecule has 0 aliphatic heterocycles. The van der Waals surface area contributed by atoms with Crippen molar-refractivity contribution in [3.05, 3.63) is 23.8 Å². The standard InChI is InChI=1S/C8H11NO7S2/c9-6-2-1-5(3-7(6)17(11,12)13)8(4-10)18(14,15)16/h1-3,8,10H,4,9H2,(H,11,12,13)(H,14,15,16). The minimum atomic E-state index is -4.63. The van der Waals surface area contributed by atoms with E-state index in [0.29, 0.717) is 0 Å². The third-order valence-electron chi connectivity index (χ3n) is 2.21. The first kappa shape index (κ1) is 14.9. The molecule has 1 aromatic rings. The smallest absolute Gasteiger partial charge is 0.296 e. The lowest BCUT2D eigenvalue weighted by Crippen LogP contribution is -2.17. The summed E-state index contributed by atoms with van der Waals surface area (Å²) in [7, 11) is -9.24. The largest absolute Gasteiger partial charge is 0.398 e. The van der Waals surface area contributed by atoms with E-state index < -0.39 is 37.0 Å². The van der Waals surface area contributed by atoms with Crippen molar-refractivity contribution in [2.24, 2.45) is 0 Å². The van der Waals surface area contributed by atoms with Gasteiger partial charge in [-0.2, -0.15) is 16.8 Å². The predicted molar refractivity (Wildman–Crippen MR) is 62.0 cm³/mol. The van der Waals surface area contributed by atoms with E-state index in [-0.39, 0.29) is 11.3 Å². The molecule has 0 radical (unpaired) electrons. The van der Waals surface area contributed by atoms with Crippen molar-refractivity contribution in [3.8, 4) is 0 Å². The van der Waals surface area contributed by atoms with Gasteiger partial charge in [-0.05, 0) is 17.7 Å². The molecular formula is C8H11NO7S2. The van der Waals surface area contributed by atoms with Crippen molar-refractivity contribution in [1.29, 1.82) is 0 Å². The minimum Gasteiger partial charge on any atom is -0.398 e. The second kappa shape index (κ2) is 4.82. The Morgan fingerprint density at radius 3 is 2.11 bits per heavy atom. The highest BCUT2D eigenvalue weighted by Gasteiger charge is 2.26. The normalized spacial score (nSPS) is 14.4. The molecule has 0 spiro atoms. The fourth-order valence-electron chi connectivity index (χ4n) is 1.35. The number of nitrogen functional groups attached to an aromatic ring is 1. The molecule has 0 amide bonds. The van der Waals surface area contributed by atoms with Crippen LogP contribution in [0.2, 0.25) is 0 Å². The Bertz CT molecular complexity index is 650. The summed E-state index contributed by atoms with van der Waals surface area (Å²) >= 11 is 0. The summed E-state index contributed by atoms with van der Waals surface area (Å²) < 4.78 is 61.6. The third-order valence-corrected chi connectivity index (χ3v) is 4.26. The van der Waals surface area contributed by atoms with Crippen LogP contribution in [0.25, 0.3) is 0 Å². The average molecular weight is 297 g/mol. The zero-order chi connectivity index (χ0) is 14.1. The first-order valence-electron chi connectivity index (χ1n) is 4.51. The van der Waals surface area contributed by atoms with Gasteiger partial charge in [0.05, 0.1) is 12.3 Å². The summed E-state index contributed by atoms with van der Waals surface area (Å²) in [6.45, 7) is -0.951. The first-order chi connectivity index (χ1) is 8.07. The lowest BCUT2D eigenvalue weighted by molar-refractivity contribution is 0.285. The van der Waals surface area contributed by atoms with Crippen LogP contribution in [0.4, 0.5) is 5.69 Å². The van der Waals surface area contributed by atoms with Crippen LogP contribution in [0.5, 0.6) is 0 Å². The Kier molecular flexibility index (Phi) is 3.98. The molecule has 8 nitrogen and oxygen atoms in total. The van der Waals surface area contributed by atoms with Crippen molar-refractivity contribution in [2.45, 2.75) is 10.1 Å². The molecule has 1 aromatic carbocycles. The zero-order valence-corrected chi connectivity index (χ0v) is 10.5. The first-order valence-corrected chi connectivity index (χ1v) is 7.45. The van der Waals surface area contributed by atoms with Gasteiger partial charge in [-0.3, -0.25) is 9.11 Å². The van der Waals surface area contributed by atoms with Crippen LogP contribution in [-0.2, 0) is 20.2 Å². The summed E-state index contributed by atoms with van der Waals surface area (Å²) in [5.74, 6) is 0. The Hall–Kier alpha value is -1.20. The molecule has 0 aliphatic carbocycles. The van der Waals surface area contributed by atoms with Gasteiger partial charge in [0.1, 0.15) is 10.1 Å². The van der Waals surface area contributed by atoms with Crippen LogP contribution < -0.4 is 5.73 Å². The van der Waals surface area contributed by atoms with Crippen LogP contribution in [0.15, 0.2) is 23.1 Å². The summed E-state index contributed by atoms with van der Waals surface area (Å²) in [4.78, 5) is -0.692. The molecule has 5 N–H and O–H groups in total. The second-order valence-corrected chi connectivity index (χ2v) is 6.45. The molecule has 0 bridgehead atoms. The van der Waals surface area contributed by atoms with E-state index in [1.54, 1.807) is 0 Å². The molecule has 1 rings (SSSR count). The van der Waals surface area contributed by atoms with E-state index >= 15 is 0 Å². The minimum absolute atomic E-state index is 0.207. The van der Waals surface area contributed by atoms with E-state index in [1.807, 2.05) is 0 Å². The Labute approximate surface area is 104 Å². The SMILES string of the molecule is Nc1ccc(C(CO)S(=O)(=O)O)cc1S(=O)(=O)O. The highest BCUT2D eigenvalue weighted by atomic mass is 32.2. The number of nitrogens with two attached hydrogens (primary N) is 1. The summed E-state index contributed by atoms with van der Waals surface area (Å²) in [6, 6.07) is 2.95. The van der Waals surface area contributed by atoms with E-state index in [4.69, 9.17) is 19.9 Å². The van der Waals surface area contributed by atoms with Crippen LogP contribution in [0.3, 0.4) is 0 Å².